The Balaban J connectivity index is 0.000000439. The van der Waals surface area contributed by atoms with Gasteiger partial charge in [-0.25, -0.2) is 9.80 Å². The Morgan fingerprint density at radius 1 is 0.676 bits per heavy atom. The van der Waals surface area contributed by atoms with E-state index in [1.807, 2.05) is 0 Å². The summed E-state index contributed by atoms with van der Waals surface area (Å²) in [6.45, 7) is 12.9. The lowest BCUT2D eigenvalue weighted by Crippen LogP contribution is -2.83. The zero-order valence-electron chi connectivity index (χ0n) is 19.6. The van der Waals surface area contributed by atoms with Crippen LogP contribution in [-0.4, -0.2) is 101 Å². The lowest BCUT2D eigenvalue weighted by Gasteiger charge is -2.62. The summed E-state index contributed by atoms with van der Waals surface area (Å²) in [6, 6.07) is 22.6. The first-order chi connectivity index (χ1) is 16.3. The van der Waals surface area contributed by atoms with Gasteiger partial charge in [0.05, 0.1) is 45.8 Å². The zero-order chi connectivity index (χ0) is 23.8. The zero-order valence-corrected chi connectivity index (χ0v) is 20.4. The maximum Gasteiger partial charge on any atom is 0.394 e. The van der Waals surface area contributed by atoms with Crippen molar-refractivity contribution in [2.45, 2.75) is 31.8 Å². The highest BCUT2D eigenvalue weighted by Crippen LogP contribution is 2.44. The van der Waals surface area contributed by atoms with Gasteiger partial charge in [0.15, 0.2) is 0 Å². The summed E-state index contributed by atoms with van der Waals surface area (Å²) in [5, 5.41) is 0. The molecule has 6 rings (SSSR count). The van der Waals surface area contributed by atoms with Crippen LogP contribution >= 0.6 is 0 Å². The van der Waals surface area contributed by atoms with Gasteiger partial charge in [-0.1, -0.05) is 60.7 Å². The molecule has 4 aliphatic rings. The molecule has 4 fully saturated rings. The largest absolute Gasteiger partial charge is 0.394 e. The minimum absolute atomic E-state index is 0.665. The topological polar surface area (TPSA) is 81.1 Å². The van der Waals surface area contributed by atoms with E-state index < -0.39 is 10.4 Å². The smallest absolute Gasteiger partial charge is 0.297 e. The van der Waals surface area contributed by atoms with Gasteiger partial charge in [-0.3, -0.25) is 18.1 Å². The van der Waals surface area contributed by atoms with Crippen molar-refractivity contribution >= 4 is 10.4 Å². The van der Waals surface area contributed by atoms with Gasteiger partial charge in [0, 0.05) is 24.1 Å². The Morgan fingerprint density at radius 2 is 1.06 bits per heavy atom. The van der Waals surface area contributed by atoms with Crippen molar-refractivity contribution in [3.05, 3.63) is 71.8 Å². The third-order valence-corrected chi connectivity index (χ3v) is 8.36. The molecule has 2 aromatic carbocycles. The van der Waals surface area contributed by atoms with Gasteiger partial charge in [0.25, 0.3) is 0 Å². The molecule has 4 saturated heterocycles. The molecule has 4 aliphatic heterocycles. The second kappa shape index (κ2) is 9.31. The molecule has 9 heteroatoms. The first kappa shape index (κ1) is 23.9. The Labute approximate surface area is 202 Å². The van der Waals surface area contributed by atoms with Crippen molar-refractivity contribution in [1.82, 2.24) is 9.80 Å². The Hall–Kier alpha value is -1.85. The summed E-state index contributed by atoms with van der Waals surface area (Å²) in [5.74, 6) is 0. The molecule has 0 aliphatic carbocycles. The van der Waals surface area contributed by atoms with E-state index in [4.69, 9.17) is 17.5 Å². The second-order valence-electron chi connectivity index (χ2n) is 10.3. The van der Waals surface area contributed by atoms with Crippen LogP contribution in [-0.2, 0) is 23.5 Å². The lowest BCUT2D eigenvalue weighted by atomic mass is 9.97. The van der Waals surface area contributed by atoms with Crippen molar-refractivity contribution in [3.8, 4) is 0 Å². The summed E-state index contributed by atoms with van der Waals surface area (Å²) >= 11 is 0. The lowest BCUT2D eigenvalue weighted by molar-refractivity contribution is -1.05. The molecule has 2 aromatic rings. The average molecular weight is 489 g/mol. The third kappa shape index (κ3) is 4.79. The molecule has 34 heavy (non-hydrogen) atoms. The molecule has 0 saturated carbocycles. The summed E-state index contributed by atoms with van der Waals surface area (Å²) < 4.78 is 34.2. The minimum Gasteiger partial charge on any atom is -0.297 e. The van der Waals surface area contributed by atoms with E-state index >= 15 is 0 Å². The fourth-order valence-corrected chi connectivity index (χ4v) is 7.11. The van der Waals surface area contributed by atoms with Gasteiger partial charge in [-0.05, 0) is 0 Å². The van der Waals surface area contributed by atoms with Crippen LogP contribution < -0.4 is 0 Å². The quantitative estimate of drug-likeness (QED) is 0.507. The maximum atomic E-state index is 8.74. The standard InChI is InChI=1S/C25H34N4.H2O4S/c1-3-8-22(9-4-1)20-28-16-7-12-26-13-18-29(21-23-10-5-2-6-11-23)19-15-27(14-17-28)25(29)24(26)28;1-5(2,3)4/h1-6,8-11,24-25H,7,12-21H2;(H2,1,2,3,4)/q+2;. The van der Waals surface area contributed by atoms with Crippen molar-refractivity contribution in [3.63, 3.8) is 0 Å². The van der Waals surface area contributed by atoms with E-state index in [1.54, 1.807) is 0 Å². The number of piperazine rings is 2. The summed E-state index contributed by atoms with van der Waals surface area (Å²) in [4.78, 5) is 5.75. The highest BCUT2D eigenvalue weighted by Gasteiger charge is 2.65. The van der Waals surface area contributed by atoms with Crippen molar-refractivity contribution in [2.24, 2.45) is 0 Å². The van der Waals surface area contributed by atoms with E-state index in [9.17, 15) is 0 Å². The van der Waals surface area contributed by atoms with E-state index in [1.165, 1.54) is 92.0 Å². The van der Waals surface area contributed by atoms with Crippen LogP contribution in [0.4, 0.5) is 0 Å². The SMILES string of the molecule is O=S(=O)(O)O.c1ccc(C[N+]23CCCN4CC[N+]5(Cc6ccccc6)CCN(CC2)C5C43)cc1. The van der Waals surface area contributed by atoms with E-state index in [0.717, 1.165) is 0 Å². The number of rotatable bonds is 4. The predicted molar refractivity (Wildman–Crippen MR) is 130 cm³/mol. The number of quaternary nitrogens is 2. The predicted octanol–water partition coefficient (Wildman–Crippen LogP) is 2.07. The molecule has 0 spiro atoms. The van der Waals surface area contributed by atoms with E-state index in [2.05, 4.69) is 70.5 Å². The number of nitrogens with zero attached hydrogens (tertiary/aromatic N) is 4. The normalized spacial score (nSPS) is 33.0. The van der Waals surface area contributed by atoms with Crippen LogP contribution in [0.2, 0.25) is 0 Å². The fraction of sp³-hybridized carbons (Fsp3) is 0.520. The number of hydrogen-bond donors (Lipinski definition) is 2. The molecule has 0 bridgehead atoms. The van der Waals surface area contributed by atoms with Gasteiger partial charge >= 0.3 is 10.4 Å². The van der Waals surface area contributed by atoms with Crippen molar-refractivity contribution in [2.75, 3.05) is 52.4 Å². The monoisotopic (exact) mass is 488 g/mol. The fourth-order valence-electron chi connectivity index (χ4n) is 7.11. The molecule has 4 heterocycles. The Bertz CT molecular complexity index is 1080. The highest BCUT2D eigenvalue weighted by atomic mass is 32.3. The second-order valence-corrected chi connectivity index (χ2v) is 11.2. The molecule has 2 N–H and O–H groups in total. The van der Waals surface area contributed by atoms with Crippen LogP contribution in [0.5, 0.6) is 0 Å². The molecule has 4 unspecified atom stereocenters. The minimum atomic E-state index is -4.67. The average Bonchev–Trinajstić information content (AvgIpc) is 3.18. The van der Waals surface area contributed by atoms with Gasteiger partial charge in [-0.2, -0.15) is 8.42 Å². The van der Waals surface area contributed by atoms with Crippen LogP contribution in [0.1, 0.15) is 17.5 Å². The van der Waals surface area contributed by atoms with Crippen molar-refractivity contribution < 1.29 is 26.5 Å². The third-order valence-electron chi connectivity index (χ3n) is 8.36. The van der Waals surface area contributed by atoms with E-state index in [-0.39, 0.29) is 0 Å². The number of hydrogen-bond acceptors (Lipinski definition) is 4. The summed E-state index contributed by atoms with van der Waals surface area (Å²) in [5.41, 5.74) is 3.04. The van der Waals surface area contributed by atoms with Crippen LogP contribution in [0, 0.1) is 0 Å². The molecule has 0 aromatic heterocycles. The number of benzene rings is 2. The van der Waals surface area contributed by atoms with Crippen LogP contribution in [0.15, 0.2) is 60.7 Å². The molecular weight excluding hydrogens is 452 g/mol. The summed E-state index contributed by atoms with van der Waals surface area (Å²) in [7, 11) is -4.67. The van der Waals surface area contributed by atoms with Gasteiger partial charge in [-0.15, -0.1) is 0 Å². The molecule has 8 nitrogen and oxygen atoms in total. The van der Waals surface area contributed by atoms with Gasteiger partial charge in [0.2, 0.25) is 12.3 Å². The first-order valence-electron chi connectivity index (χ1n) is 12.3. The Kier molecular flexibility index (Phi) is 6.54. The van der Waals surface area contributed by atoms with Gasteiger partial charge in [0.1, 0.15) is 13.1 Å². The summed E-state index contributed by atoms with van der Waals surface area (Å²) in [6.07, 6.45) is 2.69. The molecule has 184 valence electrons. The highest BCUT2D eigenvalue weighted by molar-refractivity contribution is 7.79. The van der Waals surface area contributed by atoms with Gasteiger partial charge < -0.3 is 0 Å². The van der Waals surface area contributed by atoms with Crippen LogP contribution in [0.25, 0.3) is 0 Å². The first-order valence-corrected chi connectivity index (χ1v) is 13.7. The van der Waals surface area contributed by atoms with Crippen molar-refractivity contribution in [1.29, 1.82) is 0 Å². The Morgan fingerprint density at radius 3 is 1.50 bits per heavy atom. The maximum absolute atomic E-state index is 8.74. The molecule has 4 atom stereocenters. The van der Waals surface area contributed by atoms with E-state index in [0.29, 0.717) is 12.3 Å². The molecule has 0 radical (unpaired) electrons. The molecule has 0 amide bonds. The van der Waals surface area contributed by atoms with Crippen LogP contribution in [0.3, 0.4) is 0 Å². The molecular formula is C25H36N4O4S+2.